The van der Waals surface area contributed by atoms with Crippen molar-refractivity contribution in [1.29, 1.82) is 0 Å². The van der Waals surface area contributed by atoms with E-state index in [2.05, 4.69) is 49.3 Å². The summed E-state index contributed by atoms with van der Waals surface area (Å²) < 4.78 is 11.2. The number of hydrogen-bond donors (Lipinski definition) is 1. The highest BCUT2D eigenvalue weighted by molar-refractivity contribution is 14.0. The average Bonchev–Trinajstić information content (AvgIpc) is 3.12. The monoisotopic (exact) mass is 475 g/mol. The third-order valence-electron chi connectivity index (χ3n) is 4.29. The Balaban J connectivity index is 0.00000338. The molecule has 6 heteroatoms. The predicted octanol–water partition coefficient (Wildman–Crippen LogP) is 3.57. The van der Waals surface area contributed by atoms with Crippen LogP contribution in [0.25, 0.3) is 0 Å². The fourth-order valence-electron chi connectivity index (χ4n) is 2.97. The molecule has 0 bridgehead atoms. The molecule has 1 aliphatic heterocycles. The van der Waals surface area contributed by atoms with E-state index < -0.39 is 0 Å². The van der Waals surface area contributed by atoms with E-state index in [0.717, 1.165) is 70.4 Å². The van der Waals surface area contributed by atoms with Crippen LogP contribution in [0.15, 0.2) is 29.3 Å². The molecular weight excluding hydrogens is 441 g/mol. The van der Waals surface area contributed by atoms with Gasteiger partial charge in [0, 0.05) is 39.2 Å². The van der Waals surface area contributed by atoms with Gasteiger partial charge in [0.15, 0.2) is 5.96 Å². The van der Waals surface area contributed by atoms with Crippen molar-refractivity contribution in [1.82, 2.24) is 10.2 Å². The molecule has 0 radical (unpaired) electrons. The number of rotatable bonds is 9. The van der Waals surface area contributed by atoms with Crippen molar-refractivity contribution in [3.63, 3.8) is 0 Å². The molecular formula is C20H34IN3O2. The molecule has 1 aliphatic rings. The van der Waals surface area contributed by atoms with Gasteiger partial charge in [0.25, 0.3) is 0 Å². The van der Waals surface area contributed by atoms with Crippen LogP contribution in [-0.4, -0.2) is 57.4 Å². The Morgan fingerprint density at radius 2 is 2.23 bits per heavy atom. The van der Waals surface area contributed by atoms with Gasteiger partial charge >= 0.3 is 0 Å². The van der Waals surface area contributed by atoms with Crippen LogP contribution in [0, 0.1) is 5.92 Å². The lowest BCUT2D eigenvalue weighted by Gasteiger charge is -2.24. The molecule has 1 unspecified atom stereocenters. The summed E-state index contributed by atoms with van der Waals surface area (Å²) in [4.78, 5) is 7.02. The van der Waals surface area contributed by atoms with Gasteiger partial charge in [-0.3, -0.25) is 4.99 Å². The second kappa shape index (κ2) is 13.2. The maximum atomic E-state index is 5.71. The minimum Gasteiger partial charge on any atom is -0.494 e. The summed E-state index contributed by atoms with van der Waals surface area (Å²) in [5.74, 6) is 2.54. The fourth-order valence-corrected chi connectivity index (χ4v) is 2.97. The number of guanidine groups is 1. The summed E-state index contributed by atoms with van der Waals surface area (Å²) in [6.07, 6.45) is 3.09. The van der Waals surface area contributed by atoms with E-state index in [1.54, 1.807) is 0 Å². The van der Waals surface area contributed by atoms with Gasteiger partial charge in [-0.2, -0.15) is 0 Å². The van der Waals surface area contributed by atoms with E-state index >= 15 is 0 Å². The molecule has 1 saturated heterocycles. The topological polar surface area (TPSA) is 46.1 Å². The highest BCUT2D eigenvalue weighted by Crippen LogP contribution is 2.15. The smallest absolute Gasteiger partial charge is 0.193 e. The number of aliphatic imine (C=N–C) groups is 1. The van der Waals surface area contributed by atoms with Crippen molar-refractivity contribution in [2.45, 2.75) is 33.1 Å². The van der Waals surface area contributed by atoms with Crippen LogP contribution in [0.3, 0.4) is 0 Å². The van der Waals surface area contributed by atoms with Crippen molar-refractivity contribution in [2.24, 2.45) is 10.9 Å². The summed E-state index contributed by atoms with van der Waals surface area (Å²) in [6.45, 7) is 9.40. The summed E-state index contributed by atoms with van der Waals surface area (Å²) in [7, 11) is 2.11. The first kappa shape index (κ1) is 23.0. The lowest BCUT2D eigenvalue weighted by molar-refractivity contribution is 0.181. The second-order valence-corrected chi connectivity index (χ2v) is 6.59. The lowest BCUT2D eigenvalue weighted by atomic mass is 10.1. The molecule has 1 aromatic rings. The molecule has 1 heterocycles. The zero-order chi connectivity index (χ0) is 17.9. The number of hydrogen-bond acceptors (Lipinski definition) is 3. The fraction of sp³-hybridized carbons (Fsp3) is 0.650. The molecule has 1 fully saturated rings. The number of halogens is 1. The highest BCUT2D eigenvalue weighted by atomic mass is 127. The Labute approximate surface area is 175 Å². The van der Waals surface area contributed by atoms with Gasteiger partial charge in [-0.1, -0.05) is 19.1 Å². The van der Waals surface area contributed by atoms with Crippen LogP contribution < -0.4 is 10.1 Å². The van der Waals surface area contributed by atoms with Crippen molar-refractivity contribution in [3.05, 3.63) is 29.8 Å². The predicted molar refractivity (Wildman–Crippen MR) is 119 cm³/mol. The molecule has 1 N–H and O–H groups in total. The van der Waals surface area contributed by atoms with Gasteiger partial charge in [-0.25, -0.2) is 0 Å². The van der Waals surface area contributed by atoms with Crippen LogP contribution in [0.5, 0.6) is 5.75 Å². The van der Waals surface area contributed by atoms with Crippen molar-refractivity contribution >= 4 is 29.9 Å². The van der Waals surface area contributed by atoms with E-state index in [1.165, 1.54) is 5.56 Å². The normalized spacial score (nSPS) is 16.9. The van der Waals surface area contributed by atoms with Gasteiger partial charge in [-0.15, -0.1) is 24.0 Å². The van der Waals surface area contributed by atoms with Crippen LogP contribution in [0.1, 0.15) is 32.3 Å². The standard InChI is InChI=1S/C20H33N3O2.HI/c1-4-12-25-19-8-6-7-17(14-19)9-11-22-20(21-5-2)23(3)15-18-10-13-24-16-18;/h6-8,14,18H,4-5,9-13,15-16H2,1-3H3,(H,21,22);1H. The minimum absolute atomic E-state index is 0. The van der Waals surface area contributed by atoms with E-state index in [-0.39, 0.29) is 24.0 Å². The molecule has 0 saturated carbocycles. The van der Waals surface area contributed by atoms with E-state index in [9.17, 15) is 0 Å². The van der Waals surface area contributed by atoms with Crippen molar-refractivity contribution in [3.8, 4) is 5.75 Å². The summed E-state index contributed by atoms with van der Waals surface area (Å²) in [5, 5.41) is 3.39. The Morgan fingerprint density at radius 3 is 2.92 bits per heavy atom. The molecule has 1 atom stereocenters. The van der Waals surface area contributed by atoms with Gasteiger partial charge in [-0.05, 0) is 43.9 Å². The zero-order valence-electron chi connectivity index (χ0n) is 16.4. The van der Waals surface area contributed by atoms with Gasteiger partial charge in [0.05, 0.1) is 13.2 Å². The highest BCUT2D eigenvalue weighted by Gasteiger charge is 2.18. The molecule has 0 aromatic heterocycles. The first-order valence-electron chi connectivity index (χ1n) is 9.51. The number of ether oxygens (including phenoxy) is 2. The van der Waals surface area contributed by atoms with Crippen LogP contribution in [0.2, 0.25) is 0 Å². The maximum absolute atomic E-state index is 5.71. The largest absolute Gasteiger partial charge is 0.494 e. The lowest BCUT2D eigenvalue weighted by Crippen LogP contribution is -2.41. The SMILES string of the molecule is CCCOc1cccc(CCN=C(NCC)N(C)CC2CCOC2)c1.I. The van der Waals surface area contributed by atoms with Crippen molar-refractivity contribution < 1.29 is 9.47 Å². The number of benzene rings is 1. The molecule has 0 spiro atoms. The van der Waals surface area contributed by atoms with Gasteiger partial charge in [0.1, 0.15) is 5.75 Å². The molecule has 26 heavy (non-hydrogen) atoms. The summed E-state index contributed by atoms with van der Waals surface area (Å²) >= 11 is 0. The maximum Gasteiger partial charge on any atom is 0.193 e. The number of nitrogens with one attached hydrogen (secondary N) is 1. The Bertz CT molecular complexity index is 534. The van der Waals surface area contributed by atoms with Gasteiger partial charge < -0.3 is 19.7 Å². The van der Waals surface area contributed by atoms with Crippen LogP contribution >= 0.6 is 24.0 Å². The minimum atomic E-state index is 0. The van der Waals surface area contributed by atoms with Crippen LogP contribution in [-0.2, 0) is 11.2 Å². The Morgan fingerprint density at radius 1 is 1.38 bits per heavy atom. The average molecular weight is 475 g/mol. The van der Waals surface area contributed by atoms with E-state index in [0.29, 0.717) is 5.92 Å². The summed E-state index contributed by atoms with van der Waals surface area (Å²) in [6, 6.07) is 8.34. The molecule has 5 nitrogen and oxygen atoms in total. The van der Waals surface area contributed by atoms with Gasteiger partial charge in [0.2, 0.25) is 0 Å². The van der Waals surface area contributed by atoms with E-state index in [1.807, 2.05) is 6.07 Å². The summed E-state index contributed by atoms with van der Waals surface area (Å²) in [5.41, 5.74) is 1.26. The third kappa shape index (κ3) is 8.12. The van der Waals surface area contributed by atoms with Crippen molar-refractivity contribution in [2.75, 3.05) is 46.5 Å². The first-order chi connectivity index (χ1) is 12.2. The molecule has 2 rings (SSSR count). The van der Waals surface area contributed by atoms with E-state index in [4.69, 9.17) is 14.5 Å². The molecule has 0 amide bonds. The number of nitrogens with zero attached hydrogens (tertiary/aromatic N) is 2. The zero-order valence-corrected chi connectivity index (χ0v) is 18.7. The first-order valence-corrected chi connectivity index (χ1v) is 9.51. The third-order valence-corrected chi connectivity index (χ3v) is 4.29. The van der Waals surface area contributed by atoms with Crippen LogP contribution in [0.4, 0.5) is 0 Å². The molecule has 148 valence electrons. The Hall–Kier alpha value is -1.02. The quantitative estimate of drug-likeness (QED) is 0.337. The molecule has 1 aromatic carbocycles. The molecule has 0 aliphatic carbocycles. The second-order valence-electron chi connectivity index (χ2n) is 6.59. The Kier molecular flexibility index (Phi) is 11.7.